The van der Waals surface area contributed by atoms with Crippen molar-refractivity contribution in [3.8, 4) is 0 Å². The average molecular weight is 350 g/mol. The molecule has 1 atom stereocenters. The molecule has 0 aliphatic carbocycles. The van der Waals surface area contributed by atoms with Crippen molar-refractivity contribution in [3.05, 3.63) is 65.7 Å². The topological polar surface area (TPSA) is 32.3 Å². The summed E-state index contributed by atoms with van der Waals surface area (Å²) in [5.74, 6) is -0.709. The van der Waals surface area contributed by atoms with Gasteiger partial charge in [-0.3, -0.25) is 4.79 Å². The molecule has 1 unspecified atom stereocenters. The molecular weight excluding hydrogens is 329 g/mol. The van der Waals surface area contributed by atoms with E-state index in [1.807, 2.05) is 42.3 Å². The van der Waals surface area contributed by atoms with Crippen molar-refractivity contribution in [1.82, 2.24) is 5.32 Å². The molecule has 2 aromatic rings. The van der Waals surface area contributed by atoms with Crippen LogP contribution in [-0.2, 0) is 11.0 Å². The highest BCUT2D eigenvalue weighted by molar-refractivity contribution is 5.83. The van der Waals surface area contributed by atoms with E-state index in [1.165, 1.54) is 19.2 Å². The highest BCUT2D eigenvalue weighted by Gasteiger charge is 2.30. The van der Waals surface area contributed by atoms with Crippen LogP contribution >= 0.6 is 0 Å². The van der Waals surface area contributed by atoms with Gasteiger partial charge < -0.3 is 10.2 Å². The van der Waals surface area contributed by atoms with E-state index >= 15 is 0 Å². The summed E-state index contributed by atoms with van der Waals surface area (Å²) in [6, 6.07) is 14.5. The smallest absolute Gasteiger partial charge is 0.375 e. The lowest BCUT2D eigenvalue weighted by Crippen LogP contribution is -2.29. The Hall–Kier alpha value is -2.50. The lowest BCUT2D eigenvalue weighted by Gasteiger charge is -2.23. The Labute approximate surface area is 145 Å². The molecule has 0 saturated carbocycles. The molecule has 0 radical (unpaired) electrons. The number of para-hydroxylation sites is 1. The minimum atomic E-state index is -4.38. The molecule has 0 aliphatic rings. The first kappa shape index (κ1) is 18.8. The van der Waals surface area contributed by atoms with Gasteiger partial charge in [-0.05, 0) is 36.2 Å². The minimum Gasteiger partial charge on any atom is -0.375 e. The van der Waals surface area contributed by atoms with Crippen LogP contribution in [0.4, 0.5) is 18.9 Å². The number of nitrogens with one attached hydrogen (secondary N) is 1. The molecule has 0 heterocycles. The third-order valence-electron chi connectivity index (χ3n) is 4.15. The fraction of sp³-hybridized carbons (Fsp3) is 0.316. The predicted octanol–water partition coefficient (Wildman–Crippen LogP) is 4.06. The molecular formula is C19H21F3N2O. The van der Waals surface area contributed by atoms with E-state index < -0.39 is 17.7 Å². The summed E-state index contributed by atoms with van der Waals surface area (Å²) in [6.07, 6.45) is -3.88. The Morgan fingerprint density at radius 2 is 1.68 bits per heavy atom. The number of anilines is 1. The van der Waals surface area contributed by atoms with Crippen LogP contribution < -0.4 is 10.2 Å². The number of amides is 1. The Bertz CT molecular complexity index is 684. The van der Waals surface area contributed by atoms with Gasteiger partial charge in [0, 0.05) is 26.3 Å². The molecule has 0 saturated heterocycles. The van der Waals surface area contributed by atoms with Gasteiger partial charge in [0.2, 0.25) is 5.91 Å². The lowest BCUT2D eigenvalue weighted by molar-refractivity contribution is -0.137. The van der Waals surface area contributed by atoms with Gasteiger partial charge in [-0.15, -0.1) is 0 Å². The highest BCUT2D eigenvalue weighted by Crippen LogP contribution is 2.31. The Balaban J connectivity index is 2.12. The van der Waals surface area contributed by atoms with Gasteiger partial charge >= 0.3 is 6.18 Å². The number of nitrogens with zero attached hydrogens (tertiary/aromatic N) is 1. The fourth-order valence-corrected chi connectivity index (χ4v) is 2.66. The molecule has 2 rings (SSSR count). The molecule has 0 spiro atoms. The Kier molecular flexibility index (Phi) is 6.07. The van der Waals surface area contributed by atoms with E-state index in [4.69, 9.17) is 0 Å². The number of halogens is 3. The first-order valence-electron chi connectivity index (χ1n) is 7.98. The Morgan fingerprint density at radius 3 is 2.20 bits per heavy atom. The summed E-state index contributed by atoms with van der Waals surface area (Å²) in [5, 5.41) is 2.59. The van der Waals surface area contributed by atoms with Crippen LogP contribution in [0.1, 0.15) is 23.5 Å². The van der Waals surface area contributed by atoms with Crippen LogP contribution in [-0.4, -0.2) is 26.5 Å². The molecule has 3 nitrogen and oxygen atoms in total. The second-order valence-electron chi connectivity index (χ2n) is 5.83. The van der Waals surface area contributed by atoms with Crippen LogP contribution in [0.25, 0.3) is 0 Å². The van der Waals surface area contributed by atoms with Crippen molar-refractivity contribution >= 4 is 11.6 Å². The van der Waals surface area contributed by atoms with Gasteiger partial charge in [-0.1, -0.05) is 30.3 Å². The van der Waals surface area contributed by atoms with E-state index in [1.54, 1.807) is 0 Å². The third-order valence-corrected chi connectivity index (χ3v) is 4.15. The van der Waals surface area contributed by atoms with E-state index in [0.717, 1.165) is 17.8 Å². The molecule has 1 N–H and O–H groups in total. The number of benzene rings is 2. The van der Waals surface area contributed by atoms with Crippen molar-refractivity contribution in [2.24, 2.45) is 0 Å². The van der Waals surface area contributed by atoms with Crippen LogP contribution in [0.15, 0.2) is 54.6 Å². The molecule has 0 fully saturated rings. The summed E-state index contributed by atoms with van der Waals surface area (Å²) >= 11 is 0. The molecule has 0 bridgehead atoms. The fourth-order valence-electron chi connectivity index (χ4n) is 2.66. The van der Waals surface area contributed by atoms with Crippen molar-refractivity contribution in [3.63, 3.8) is 0 Å². The van der Waals surface area contributed by atoms with Crippen LogP contribution in [0, 0.1) is 0 Å². The van der Waals surface area contributed by atoms with Gasteiger partial charge in [-0.2, -0.15) is 13.2 Å². The molecule has 134 valence electrons. The number of hydrogen-bond acceptors (Lipinski definition) is 2. The van der Waals surface area contributed by atoms with Crippen molar-refractivity contribution in [1.29, 1.82) is 0 Å². The second-order valence-corrected chi connectivity index (χ2v) is 5.83. The number of likely N-dealkylation sites (N-methyl/N-ethyl adjacent to an activating group) is 1. The van der Waals surface area contributed by atoms with Gasteiger partial charge in [-0.25, -0.2) is 0 Å². The maximum Gasteiger partial charge on any atom is 0.416 e. The van der Waals surface area contributed by atoms with Crippen molar-refractivity contribution in [2.75, 3.05) is 25.5 Å². The monoisotopic (exact) mass is 350 g/mol. The predicted molar refractivity (Wildman–Crippen MR) is 92.6 cm³/mol. The van der Waals surface area contributed by atoms with Gasteiger partial charge in [0.05, 0.1) is 11.5 Å². The van der Waals surface area contributed by atoms with E-state index in [2.05, 4.69) is 5.32 Å². The first-order chi connectivity index (χ1) is 11.8. The highest BCUT2D eigenvalue weighted by atomic mass is 19.4. The summed E-state index contributed by atoms with van der Waals surface area (Å²) in [7, 11) is 3.45. The van der Waals surface area contributed by atoms with Crippen molar-refractivity contribution < 1.29 is 18.0 Å². The third kappa shape index (κ3) is 4.98. The number of alkyl halides is 3. The first-order valence-corrected chi connectivity index (χ1v) is 7.98. The summed E-state index contributed by atoms with van der Waals surface area (Å²) in [4.78, 5) is 14.2. The van der Waals surface area contributed by atoms with E-state index in [9.17, 15) is 18.0 Å². The second kappa shape index (κ2) is 8.05. The number of carbonyl (C=O) groups is 1. The largest absolute Gasteiger partial charge is 0.416 e. The molecule has 0 aromatic heterocycles. The lowest BCUT2D eigenvalue weighted by atomic mass is 9.93. The standard InChI is InChI=1S/C19H21F3N2O/c1-23-18(25)17(12-13-24(2)16-6-4-3-5-7-16)14-8-10-15(11-9-14)19(20,21)22/h3-11,17H,12-13H2,1-2H3,(H,23,25). The maximum absolute atomic E-state index is 12.7. The average Bonchev–Trinajstić information content (AvgIpc) is 2.61. The van der Waals surface area contributed by atoms with Crippen LogP contribution in [0.2, 0.25) is 0 Å². The maximum atomic E-state index is 12.7. The Morgan fingerprint density at radius 1 is 1.08 bits per heavy atom. The zero-order valence-corrected chi connectivity index (χ0v) is 14.2. The van der Waals surface area contributed by atoms with Crippen molar-refractivity contribution in [2.45, 2.75) is 18.5 Å². The zero-order valence-electron chi connectivity index (χ0n) is 14.2. The molecule has 0 aliphatic heterocycles. The molecule has 25 heavy (non-hydrogen) atoms. The van der Waals surface area contributed by atoms with Gasteiger partial charge in [0.1, 0.15) is 0 Å². The quantitative estimate of drug-likeness (QED) is 0.852. The number of rotatable bonds is 6. The SMILES string of the molecule is CNC(=O)C(CCN(C)c1ccccc1)c1ccc(C(F)(F)F)cc1. The summed E-state index contributed by atoms with van der Waals surface area (Å²) < 4.78 is 38.1. The van der Waals surface area contributed by atoms with Crippen LogP contribution in [0.3, 0.4) is 0 Å². The number of carbonyl (C=O) groups excluding carboxylic acids is 1. The van der Waals surface area contributed by atoms with Gasteiger partial charge in [0.15, 0.2) is 0 Å². The molecule has 1 amide bonds. The van der Waals surface area contributed by atoms with E-state index in [-0.39, 0.29) is 5.91 Å². The summed E-state index contributed by atoms with van der Waals surface area (Å²) in [6.45, 7) is 0.600. The van der Waals surface area contributed by atoms with E-state index in [0.29, 0.717) is 18.5 Å². The normalized spacial score (nSPS) is 12.5. The zero-order chi connectivity index (χ0) is 18.4. The minimum absolute atomic E-state index is 0.207. The molecule has 2 aromatic carbocycles. The molecule has 6 heteroatoms. The summed E-state index contributed by atoms with van der Waals surface area (Å²) in [5.41, 5.74) is 0.882. The van der Waals surface area contributed by atoms with Crippen LogP contribution in [0.5, 0.6) is 0 Å². The van der Waals surface area contributed by atoms with Gasteiger partial charge in [0.25, 0.3) is 0 Å². The number of hydrogen-bond donors (Lipinski definition) is 1.